The van der Waals surface area contributed by atoms with Gasteiger partial charge in [-0.1, -0.05) is 18.2 Å². The summed E-state index contributed by atoms with van der Waals surface area (Å²) in [4.78, 5) is 2.59. The number of fused-ring (bicyclic) bond motifs is 1. The molecule has 0 aromatic heterocycles. The number of likely N-dealkylation sites (tertiary alicyclic amines) is 1. The third kappa shape index (κ3) is 3.78. The first-order valence-corrected chi connectivity index (χ1v) is 8.52. The Labute approximate surface area is 128 Å². The van der Waals surface area contributed by atoms with Gasteiger partial charge in [0.1, 0.15) is 5.75 Å². The molecule has 2 heterocycles. The molecule has 116 valence electrons. The molecule has 3 rings (SSSR count). The summed E-state index contributed by atoms with van der Waals surface area (Å²) in [7, 11) is 0. The van der Waals surface area contributed by atoms with Crippen molar-refractivity contribution < 1.29 is 4.74 Å². The fourth-order valence-corrected chi connectivity index (χ4v) is 3.56. The Balaban J connectivity index is 1.54. The summed E-state index contributed by atoms with van der Waals surface area (Å²) in [5, 5.41) is 3.76. The standard InChI is InChI=1S/C18H28N2O/c1-15-7-4-8-16-17(9-5-14-21-18(15)16)19-10-6-13-20-11-2-3-12-20/h4,7-8,17,19H,2-3,5-6,9-14H2,1H3. The molecule has 0 aliphatic carbocycles. The molecule has 21 heavy (non-hydrogen) atoms. The molecule has 0 saturated carbocycles. The van der Waals surface area contributed by atoms with Gasteiger partial charge in [-0.2, -0.15) is 0 Å². The van der Waals surface area contributed by atoms with Crippen molar-refractivity contribution in [3.63, 3.8) is 0 Å². The summed E-state index contributed by atoms with van der Waals surface area (Å²) in [6.45, 7) is 7.96. The quantitative estimate of drug-likeness (QED) is 0.842. The van der Waals surface area contributed by atoms with Crippen LogP contribution >= 0.6 is 0 Å². The van der Waals surface area contributed by atoms with Crippen LogP contribution in [0.3, 0.4) is 0 Å². The van der Waals surface area contributed by atoms with Crippen molar-refractivity contribution in [2.24, 2.45) is 0 Å². The van der Waals surface area contributed by atoms with Gasteiger partial charge in [-0.3, -0.25) is 0 Å². The lowest BCUT2D eigenvalue weighted by atomic mass is 10.00. The van der Waals surface area contributed by atoms with Gasteiger partial charge in [-0.25, -0.2) is 0 Å². The molecule has 1 atom stereocenters. The summed E-state index contributed by atoms with van der Waals surface area (Å²) in [5.74, 6) is 1.12. The van der Waals surface area contributed by atoms with Gasteiger partial charge in [0.2, 0.25) is 0 Å². The molecule has 1 aromatic carbocycles. The van der Waals surface area contributed by atoms with E-state index < -0.39 is 0 Å². The van der Waals surface area contributed by atoms with Crippen LogP contribution in [0.1, 0.15) is 49.3 Å². The van der Waals surface area contributed by atoms with E-state index in [1.807, 2.05) is 0 Å². The Morgan fingerprint density at radius 1 is 1.24 bits per heavy atom. The highest BCUT2D eigenvalue weighted by Crippen LogP contribution is 2.33. The number of hydrogen-bond acceptors (Lipinski definition) is 3. The second-order valence-corrected chi connectivity index (χ2v) is 6.39. The zero-order valence-corrected chi connectivity index (χ0v) is 13.2. The molecule has 1 N–H and O–H groups in total. The SMILES string of the molecule is Cc1cccc2c1OCCCC2NCCCN1CCCC1. The van der Waals surface area contributed by atoms with Gasteiger partial charge in [0.25, 0.3) is 0 Å². The van der Waals surface area contributed by atoms with Crippen LogP contribution in [0.4, 0.5) is 0 Å². The Morgan fingerprint density at radius 3 is 2.95 bits per heavy atom. The number of rotatable bonds is 5. The number of nitrogens with zero attached hydrogens (tertiary/aromatic N) is 1. The summed E-state index contributed by atoms with van der Waals surface area (Å²) >= 11 is 0. The van der Waals surface area contributed by atoms with Crippen LogP contribution in [0, 0.1) is 6.92 Å². The fourth-order valence-electron chi connectivity index (χ4n) is 3.56. The zero-order valence-electron chi connectivity index (χ0n) is 13.2. The molecule has 1 saturated heterocycles. The maximum Gasteiger partial charge on any atom is 0.126 e. The van der Waals surface area contributed by atoms with Crippen molar-refractivity contribution in [3.05, 3.63) is 29.3 Å². The van der Waals surface area contributed by atoms with Crippen molar-refractivity contribution in [1.29, 1.82) is 0 Å². The second-order valence-electron chi connectivity index (χ2n) is 6.39. The van der Waals surface area contributed by atoms with E-state index in [9.17, 15) is 0 Å². The lowest BCUT2D eigenvalue weighted by Gasteiger charge is -2.20. The average molecular weight is 288 g/mol. The number of ether oxygens (including phenoxy) is 1. The van der Waals surface area contributed by atoms with Crippen LogP contribution in [0.5, 0.6) is 5.75 Å². The van der Waals surface area contributed by atoms with E-state index in [4.69, 9.17) is 4.74 Å². The summed E-state index contributed by atoms with van der Waals surface area (Å²) in [6, 6.07) is 6.99. The first kappa shape index (κ1) is 14.9. The van der Waals surface area contributed by atoms with Gasteiger partial charge in [-0.15, -0.1) is 0 Å². The number of hydrogen-bond donors (Lipinski definition) is 1. The van der Waals surface area contributed by atoms with E-state index in [1.165, 1.54) is 56.4 Å². The molecular weight excluding hydrogens is 260 g/mol. The van der Waals surface area contributed by atoms with Crippen molar-refractivity contribution >= 4 is 0 Å². The first-order chi connectivity index (χ1) is 10.3. The highest BCUT2D eigenvalue weighted by molar-refractivity contribution is 5.43. The predicted molar refractivity (Wildman–Crippen MR) is 86.9 cm³/mol. The Hall–Kier alpha value is -1.06. The van der Waals surface area contributed by atoms with Gasteiger partial charge in [-0.05, 0) is 70.8 Å². The van der Waals surface area contributed by atoms with E-state index in [2.05, 4.69) is 35.3 Å². The first-order valence-electron chi connectivity index (χ1n) is 8.52. The van der Waals surface area contributed by atoms with Gasteiger partial charge >= 0.3 is 0 Å². The van der Waals surface area contributed by atoms with Gasteiger partial charge in [0.05, 0.1) is 6.61 Å². The van der Waals surface area contributed by atoms with Gasteiger partial charge in [0, 0.05) is 11.6 Å². The van der Waals surface area contributed by atoms with Crippen molar-refractivity contribution in [3.8, 4) is 5.75 Å². The van der Waals surface area contributed by atoms with Crippen molar-refractivity contribution in [1.82, 2.24) is 10.2 Å². The van der Waals surface area contributed by atoms with Crippen LogP contribution in [-0.2, 0) is 0 Å². The number of aryl methyl sites for hydroxylation is 1. The molecule has 0 bridgehead atoms. The minimum atomic E-state index is 0.459. The molecule has 1 fully saturated rings. The molecule has 0 radical (unpaired) electrons. The number of nitrogens with one attached hydrogen (secondary N) is 1. The van der Waals surface area contributed by atoms with E-state index in [0.717, 1.165) is 25.3 Å². The molecule has 2 aliphatic rings. The molecule has 0 amide bonds. The van der Waals surface area contributed by atoms with Crippen molar-refractivity contribution in [2.75, 3.05) is 32.8 Å². The van der Waals surface area contributed by atoms with Crippen LogP contribution in [0.15, 0.2) is 18.2 Å². The zero-order chi connectivity index (χ0) is 14.5. The van der Waals surface area contributed by atoms with Crippen LogP contribution in [0.25, 0.3) is 0 Å². The highest BCUT2D eigenvalue weighted by Gasteiger charge is 2.20. The minimum Gasteiger partial charge on any atom is -0.493 e. The third-order valence-electron chi connectivity index (χ3n) is 4.74. The normalized spacial score (nSPS) is 22.6. The minimum absolute atomic E-state index is 0.459. The predicted octanol–water partition coefficient (Wildman–Crippen LogP) is 3.28. The van der Waals surface area contributed by atoms with Gasteiger partial charge < -0.3 is 15.0 Å². The molecule has 3 heteroatoms. The summed E-state index contributed by atoms with van der Waals surface area (Å²) in [6.07, 6.45) is 6.34. The van der Waals surface area contributed by atoms with Crippen LogP contribution in [-0.4, -0.2) is 37.7 Å². The molecule has 2 aliphatic heterocycles. The molecular formula is C18H28N2O. The summed E-state index contributed by atoms with van der Waals surface area (Å²) in [5.41, 5.74) is 2.62. The molecule has 0 spiro atoms. The maximum absolute atomic E-state index is 5.95. The van der Waals surface area contributed by atoms with Crippen molar-refractivity contribution in [2.45, 2.75) is 45.1 Å². The summed E-state index contributed by atoms with van der Waals surface area (Å²) < 4.78 is 5.95. The van der Waals surface area contributed by atoms with E-state index >= 15 is 0 Å². The van der Waals surface area contributed by atoms with E-state index in [0.29, 0.717) is 6.04 Å². The van der Waals surface area contributed by atoms with Crippen LogP contribution in [0.2, 0.25) is 0 Å². The lowest BCUT2D eigenvalue weighted by molar-refractivity contribution is 0.312. The van der Waals surface area contributed by atoms with E-state index in [1.54, 1.807) is 0 Å². The third-order valence-corrected chi connectivity index (χ3v) is 4.74. The monoisotopic (exact) mass is 288 g/mol. The van der Waals surface area contributed by atoms with Gasteiger partial charge in [0.15, 0.2) is 0 Å². The molecule has 3 nitrogen and oxygen atoms in total. The lowest BCUT2D eigenvalue weighted by Crippen LogP contribution is -2.27. The fraction of sp³-hybridized carbons (Fsp3) is 0.667. The van der Waals surface area contributed by atoms with E-state index in [-0.39, 0.29) is 0 Å². The Morgan fingerprint density at radius 2 is 2.10 bits per heavy atom. The average Bonchev–Trinajstić information content (AvgIpc) is 2.91. The molecule has 1 aromatic rings. The Kier molecular flexibility index (Phi) is 5.15. The second kappa shape index (κ2) is 7.28. The Bertz CT molecular complexity index is 455. The number of para-hydroxylation sites is 1. The topological polar surface area (TPSA) is 24.5 Å². The van der Waals surface area contributed by atoms with Crippen LogP contribution < -0.4 is 10.1 Å². The largest absolute Gasteiger partial charge is 0.493 e. The molecule has 1 unspecified atom stereocenters. The highest BCUT2D eigenvalue weighted by atomic mass is 16.5. The number of benzene rings is 1. The maximum atomic E-state index is 5.95. The smallest absolute Gasteiger partial charge is 0.126 e.